The highest BCUT2D eigenvalue weighted by atomic mass is 31.3. The fraction of sp³-hybridized carbons (Fsp3) is 0.696. The van der Waals surface area contributed by atoms with E-state index in [1.54, 1.807) is 6.92 Å². The van der Waals surface area contributed by atoms with E-state index in [4.69, 9.17) is 8.83 Å². The van der Waals surface area contributed by atoms with E-state index >= 15 is 0 Å². The molecule has 0 bridgehead atoms. The van der Waals surface area contributed by atoms with Crippen LogP contribution in [0.3, 0.4) is 0 Å². The maximum atomic E-state index is 12.4. The fourth-order valence-electron chi connectivity index (χ4n) is 2.74. The van der Waals surface area contributed by atoms with Crippen molar-refractivity contribution >= 4 is 21.4 Å². The number of carbonyl (C=O) groups excluding carboxylic acids is 1. The molecule has 2 unspecified atom stereocenters. The normalized spacial score (nSPS) is 15.8. The highest BCUT2D eigenvalue weighted by Crippen LogP contribution is 2.64. The van der Waals surface area contributed by atoms with Crippen LogP contribution in [0.4, 0.5) is 0 Å². The van der Waals surface area contributed by atoms with E-state index in [9.17, 15) is 13.9 Å². The average molecular weight is 509 g/mol. The Morgan fingerprint density at radius 2 is 1.27 bits per heavy atom. The molecule has 0 aromatic carbocycles. The first kappa shape index (κ1) is 32.1. The first-order chi connectivity index (χ1) is 15.4. The molecule has 10 heteroatoms. The van der Waals surface area contributed by atoms with Gasteiger partial charge in [0.15, 0.2) is 5.78 Å². The summed E-state index contributed by atoms with van der Waals surface area (Å²) < 4.78 is 48.0. The van der Waals surface area contributed by atoms with E-state index in [1.807, 2.05) is 0 Å². The van der Waals surface area contributed by atoms with E-state index < -0.39 is 22.3 Å². The number of allylic oxidation sites excluding steroid dienone is 6. The molecule has 0 aliphatic heterocycles. The largest absolute Gasteiger partial charge is 0.483 e. The molecule has 0 fully saturated rings. The third-order valence-corrected chi connectivity index (χ3v) is 8.39. The molecule has 0 rings (SSSR count). The molecule has 0 aliphatic rings. The van der Waals surface area contributed by atoms with E-state index in [-0.39, 0.29) is 11.7 Å². The lowest BCUT2D eigenvalue weighted by molar-refractivity contribution is -0.125. The topological polar surface area (TPSA) is 97.4 Å². The zero-order valence-electron chi connectivity index (χ0n) is 21.4. The van der Waals surface area contributed by atoms with Crippen LogP contribution in [0.1, 0.15) is 73.1 Å². The van der Waals surface area contributed by atoms with Crippen LogP contribution in [0.25, 0.3) is 0 Å². The van der Waals surface area contributed by atoms with Gasteiger partial charge in [0.25, 0.3) is 0 Å². The number of rotatable bonds is 18. The second kappa shape index (κ2) is 16.7. The predicted octanol–water partition coefficient (Wildman–Crippen LogP) is 7.58. The van der Waals surface area contributed by atoms with Crippen molar-refractivity contribution in [2.24, 2.45) is 5.92 Å². The van der Waals surface area contributed by atoms with Crippen molar-refractivity contribution in [1.29, 1.82) is 0 Å². The van der Waals surface area contributed by atoms with Crippen LogP contribution in [0, 0.1) is 5.92 Å². The lowest BCUT2D eigenvalue weighted by atomic mass is 9.99. The van der Waals surface area contributed by atoms with Gasteiger partial charge in [-0.3, -0.25) is 22.9 Å². The van der Waals surface area contributed by atoms with Crippen molar-refractivity contribution in [1.82, 2.24) is 0 Å². The van der Waals surface area contributed by atoms with Crippen molar-refractivity contribution in [3.63, 3.8) is 0 Å². The van der Waals surface area contributed by atoms with Crippen molar-refractivity contribution in [2.45, 2.75) is 73.1 Å². The Kier molecular flexibility index (Phi) is 16.3. The highest BCUT2D eigenvalue weighted by molar-refractivity contribution is 7.62. The van der Waals surface area contributed by atoms with Crippen molar-refractivity contribution < 1.29 is 36.3 Å². The van der Waals surface area contributed by atoms with Gasteiger partial charge in [0, 0.05) is 27.2 Å². The van der Waals surface area contributed by atoms with Crippen LogP contribution in [0.15, 0.2) is 34.9 Å². The van der Waals surface area contributed by atoms with Gasteiger partial charge in [-0.05, 0) is 66.2 Å². The second-order valence-electron chi connectivity index (χ2n) is 8.20. The minimum absolute atomic E-state index is 0.262. The Hall–Kier alpha value is -0.850. The first-order valence-corrected chi connectivity index (χ1v) is 14.0. The van der Waals surface area contributed by atoms with Crippen LogP contribution < -0.4 is 0 Å². The lowest BCUT2D eigenvalue weighted by Gasteiger charge is -2.20. The molecule has 0 N–H and O–H groups in total. The zero-order valence-corrected chi connectivity index (χ0v) is 23.2. The highest BCUT2D eigenvalue weighted by Gasteiger charge is 2.39. The molecule has 0 saturated carbocycles. The molecule has 192 valence electrons. The molecular weight excluding hydrogens is 466 g/mol. The van der Waals surface area contributed by atoms with Crippen molar-refractivity contribution in [3.05, 3.63) is 34.9 Å². The number of ketones is 1. The van der Waals surface area contributed by atoms with Gasteiger partial charge in [0.05, 0.1) is 0 Å². The number of hydrogen-bond acceptors (Lipinski definition) is 8. The number of hydrogen-bond donors (Lipinski definition) is 0. The van der Waals surface area contributed by atoms with Gasteiger partial charge in [-0.25, -0.2) is 9.13 Å². The molecule has 0 saturated heterocycles. The molecule has 0 aliphatic carbocycles. The van der Waals surface area contributed by atoms with Gasteiger partial charge < -0.3 is 0 Å². The quantitative estimate of drug-likeness (QED) is 0.138. The minimum Gasteiger partial charge on any atom is -0.297 e. The van der Waals surface area contributed by atoms with E-state index in [1.165, 1.54) is 16.7 Å². The minimum atomic E-state index is -4.28. The van der Waals surface area contributed by atoms with Crippen molar-refractivity contribution in [2.75, 3.05) is 27.9 Å². The third-order valence-electron chi connectivity index (χ3n) is 5.00. The van der Waals surface area contributed by atoms with Gasteiger partial charge in [-0.15, -0.1) is 0 Å². The number of phosphoric acid groups is 2. The van der Waals surface area contributed by atoms with E-state index in [0.717, 1.165) is 53.4 Å². The smallest absolute Gasteiger partial charge is 0.297 e. The SMILES string of the molecule is COP(=O)(OC)OP(=O)(OC)OCC(=O)C(C)CC/C=C(\C)CC/C=C(\C)CCC=C(C)C. The Morgan fingerprint density at radius 3 is 1.76 bits per heavy atom. The summed E-state index contributed by atoms with van der Waals surface area (Å²) in [6, 6.07) is 0. The summed E-state index contributed by atoms with van der Waals surface area (Å²) in [7, 11) is -5.19. The molecule has 0 amide bonds. The van der Waals surface area contributed by atoms with Crippen LogP contribution in [0.5, 0.6) is 0 Å². The van der Waals surface area contributed by atoms with Crippen LogP contribution >= 0.6 is 15.6 Å². The van der Waals surface area contributed by atoms with Crippen LogP contribution in [-0.4, -0.2) is 33.7 Å². The number of carbonyl (C=O) groups is 1. The van der Waals surface area contributed by atoms with E-state index in [0.29, 0.717) is 6.42 Å². The van der Waals surface area contributed by atoms with Crippen LogP contribution in [0.2, 0.25) is 0 Å². The van der Waals surface area contributed by atoms with Crippen LogP contribution in [-0.2, 0) is 36.3 Å². The van der Waals surface area contributed by atoms with Crippen molar-refractivity contribution in [3.8, 4) is 0 Å². The molecule has 0 aromatic rings. The fourth-order valence-corrected chi connectivity index (χ4v) is 5.25. The maximum absolute atomic E-state index is 12.4. The monoisotopic (exact) mass is 508 g/mol. The standard InChI is InChI=1S/C23H42O8P2/c1-19(2)12-9-13-20(3)14-10-15-21(4)16-11-17-22(5)23(24)18-30-33(26,29-8)31-32(25,27-6)28-7/h12,14,16,22H,9-11,13,15,17-18H2,1-8H3/b20-14+,21-16+. The van der Waals surface area contributed by atoms with Gasteiger partial charge in [-0.1, -0.05) is 41.9 Å². The predicted molar refractivity (Wildman–Crippen MR) is 132 cm³/mol. The summed E-state index contributed by atoms with van der Waals surface area (Å²) in [6.07, 6.45) is 12.2. The summed E-state index contributed by atoms with van der Waals surface area (Å²) in [5.74, 6) is -0.574. The molecule has 0 spiro atoms. The van der Waals surface area contributed by atoms with E-state index in [2.05, 4.69) is 59.5 Å². The summed E-state index contributed by atoms with van der Waals surface area (Å²) in [4.78, 5) is 12.3. The van der Waals surface area contributed by atoms with Gasteiger partial charge in [0.2, 0.25) is 0 Å². The number of Topliss-reactive ketones (excluding diaryl/α,β-unsaturated/α-hetero) is 1. The average Bonchev–Trinajstić information content (AvgIpc) is 2.77. The Labute approximate surface area is 200 Å². The molecule has 0 radical (unpaired) electrons. The third kappa shape index (κ3) is 14.9. The van der Waals surface area contributed by atoms with Gasteiger partial charge >= 0.3 is 15.6 Å². The van der Waals surface area contributed by atoms with Gasteiger partial charge in [-0.2, -0.15) is 4.31 Å². The first-order valence-electron chi connectivity index (χ1n) is 11.1. The summed E-state index contributed by atoms with van der Waals surface area (Å²) in [5.41, 5.74) is 4.04. The molecular formula is C23H42O8P2. The Morgan fingerprint density at radius 1 is 0.788 bits per heavy atom. The summed E-state index contributed by atoms with van der Waals surface area (Å²) >= 11 is 0. The second-order valence-corrected chi connectivity index (χ2v) is 12.0. The summed E-state index contributed by atoms with van der Waals surface area (Å²) in [6.45, 7) is 9.78. The Balaban J connectivity index is 4.46. The molecule has 0 heterocycles. The zero-order chi connectivity index (χ0) is 25.5. The molecule has 8 nitrogen and oxygen atoms in total. The lowest BCUT2D eigenvalue weighted by Crippen LogP contribution is -2.17. The summed E-state index contributed by atoms with van der Waals surface area (Å²) in [5, 5.41) is 0. The molecule has 2 atom stereocenters. The van der Waals surface area contributed by atoms with Gasteiger partial charge in [0.1, 0.15) is 6.61 Å². The maximum Gasteiger partial charge on any atom is 0.483 e. The molecule has 33 heavy (non-hydrogen) atoms. The molecule has 0 aromatic heterocycles. The Bertz CT molecular complexity index is 773. The number of phosphoric ester groups is 2.